The van der Waals surface area contributed by atoms with Gasteiger partial charge < -0.3 is 9.64 Å². The Kier molecular flexibility index (Phi) is 3.82. The molecule has 7 heteroatoms. The van der Waals surface area contributed by atoms with Gasteiger partial charge in [0.05, 0.1) is 22.9 Å². The molecule has 0 saturated carbocycles. The second-order valence-electron chi connectivity index (χ2n) is 4.83. The highest BCUT2D eigenvalue weighted by atomic mass is 35.5. The Morgan fingerprint density at radius 2 is 2.38 bits per heavy atom. The molecule has 0 saturated heterocycles. The van der Waals surface area contributed by atoms with E-state index in [-0.39, 0.29) is 12.0 Å². The summed E-state index contributed by atoms with van der Waals surface area (Å²) in [5.74, 6) is 0.460. The highest BCUT2D eigenvalue weighted by molar-refractivity contribution is 7.08. The van der Waals surface area contributed by atoms with Crippen molar-refractivity contribution in [3.05, 3.63) is 33.8 Å². The summed E-state index contributed by atoms with van der Waals surface area (Å²) in [6, 6.07) is 5.41. The van der Waals surface area contributed by atoms with Gasteiger partial charge in [-0.2, -0.15) is 0 Å². The Hall–Kier alpha value is -1.66. The van der Waals surface area contributed by atoms with Gasteiger partial charge in [-0.3, -0.25) is 4.79 Å². The van der Waals surface area contributed by atoms with Crippen molar-refractivity contribution < 1.29 is 9.53 Å². The van der Waals surface area contributed by atoms with E-state index in [2.05, 4.69) is 9.59 Å². The molecule has 1 aliphatic rings. The first-order valence-electron chi connectivity index (χ1n) is 6.70. The first kappa shape index (κ1) is 14.3. The summed E-state index contributed by atoms with van der Waals surface area (Å²) in [7, 11) is 0. The van der Waals surface area contributed by atoms with Crippen LogP contribution in [-0.2, 0) is 6.42 Å². The molecule has 0 fully saturated rings. The molecule has 110 valence electrons. The number of aromatic nitrogens is 2. The lowest BCUT2D eigenvalue weighted by atomic mass is 10.1. The standard InChI is InChI=1S/C14H14ClN3O2S/c1-3-10-13(21-17-16-10)14(19)18-7-8(2)20-12-9(15)5-4-6-11(12)18/h4-6,8H,3,7H2,1-2H3. The molecular formula is C14H14ClN3O2S. The summed E-state index contributed by atoms with van der Waals surface area (Å²) in [6.45, 7) is 4.35. The molecule has 0 N–H and O–H groups in total. The number of amides is 1. The molecule has 1 unspecified atom stereocenters. The smallest absolute Gasteiger partial charge is 0.272 e. The molecule has 0 aliphatic carbocycles. The summed E-state index contributed by atoms with van der Waals surface area (Å²) in [6.07, 6.45) is 0.562. The van der Waals surface area contributed by atoms with Crippen molar-refractivity contribution >= 4 is 34.7 Å². The lowest BCUT2D eigenvalue weighted by Crippen LogP contribution is -2.42. The summed E-state index contributed by atoms with van der Waals surface area (Å²) < 4.78 is 9.65. The van der Waals surface area contributed by atoms with Crippen LogP contribution in [0, 0.1) is 0 Å². The van der Waals surface area contributed by atoms with Crippen molar-refractivity contribution in [2.75, 3.05) is 11.4 Å². The van der Waals surface area contributed by atoms with Crippen LogP contribution in [0.1, 0.15) is 29.2 Å². The first-order valence-corrected chi connectivity index (χ1v) is 7.85. The maximum Gasteiger partial charge on any atom is 0.272 e. The number of para-hydroxylation sites is 1. The second-order valence-corrected chi connectivity index (χ2v) is 6.00. The van der Waals surface area contributed by atoms with Crippen molar-refractivity contribution in [3.63, 3.8) is 0 Å². The Balaban J connectivity index is 2.04. The average molecular weight is 324 g/mol. The van der Waals surface area contributed by atoms with Gasteiger partial charge >= 0.3 is 0 Å². The third kappa shape index (κ3) is 2.49. The minimum absolute atomic E-state index is 0.0967. The van der Waals surface area contributed by atoms with Gasteiger partial charge in [0.1, 0.15) is 11.0 Å². The topological polar surface area (TPSA) is 55.3 Å². The maximum atomic E-state index is 12.8. The summed E-state index contributed by atoms with van der Waals surface area (Å²) >= 11 is 7.31. The highest BCUT2D eigenvalue weighted by Gasteiger charge is 2.31. The Morgan fingerprint density at radius 3 is 3.14 bits per heavy atom. The van der Waals surface area contributed by atoms with Crippen LogP contribution in [0.3, 0.4) is 0 Å². The quantitative estimate of drug-likeness (QED) is 0.851. The molecule has 1 atom stereocenters. The van der Waals surface area contributed by atoms with Crippen LogP contribution in [0.4, 0.5) is 5.69 Å². The van der Waals surface area contributed by atoms with Crippen LogP contribution in [0.2, 0.25) is 5.02 Å². The number of hydrogen-bond donors (Lipinski definition) is 0. The summed E-state index contributed by atoms with van der Waals surface area (Å²) in [4.78, 5) is 15.1. The predicted octanol–water partition coefficient (Wildman–Crippen LogP) is 3.18. The molecule has 1 amide bonds. The number of nitrogens with zero attached hydrogens (tertiary/aromatic N) is 3. The number of anilines is 1. The van der Waals surface area contributed by atoms with E-state index in [4.69, 9.17) is 16.3 Å². The zero-order chi connectivity index (χ0) is 15.0. The average Bonchev–Trinajstić information content (AvgIpc) is 2.95. The molecule has 1 aromatic carbocycles. The molecule has 1 aromatic heterocycles. The second kappa shape index (κ2) is 5.61. The molecule has 0 radical (unpaired) electrons. The number of halogens is 1. The first-order chi connectivity index (χ1) is 10.1. The van der Waals surface area contributed by atoms with E-state index < -0.39 is 0 Å². The largest absolute Gasteiger partial charge is 0.485 e. The molecular weight excluding hydrogens is 310 g/mol. The third-order valence-corrected chi connectivity index (χ3v) is 4.38. The van der Waals surface area contributed by atoms with Gasteiger partial charge in [-0.1, -0.05) is 29.1 Å². The maximum absolute atomic E-state index is 12.8. The van der Waals surface area contributed by atoms with Crippen LogP contribution in [0.5, 0.6) is 5.75 Å². The molecule has 21 heavy (non-hydrogen) atoms. The number of hydrogen-bond acceptors (Lipinski definition) is 5. The number of fused-ring (bicyclic) bond motifs is 1. The fourth-order valence-corrected chi connectivity index (χ4v) is 3.25. The van der Waals surface area contributed by atoms with Crippen molar-refractivity contribution in [1.82, 2.24) is 9.59 Å². The third-order valence-electron chi connectivity index (χ3n) is 3.33. The lowest BCUT2D eigenvalue weighted by molar-refractivity contribution is 0.0964. The van der Waals surface area contributed by atoms with Crippen LogP contribution >= 0.6 is 23.1 Å². The Morgan fingerprint density at radius 1 is 1.57 bits per heavy atom. The lowest BCUT2D eigenvalue weighted by Gasteiger charge is -2.33. The van der Waals surface area contributed by atoms with Gasteiger partial charge in [-0.15, -0.1) is 5.10 Å². The normalized spacial score (nSPS) is 17.3. The number of rotatable bonds is 2. The molecule has 2 heterocycles. The number of benzene rings is 1. The molecule has 5 nitrogen and oxygen atoms in total. The minimum atomic E-state index is -0.118. The predicted molar refractivity (Wildman–Crippen MR) is 82.5 cm³/mol. The van der Waals surface area contributed by atoms with Crippen LogP contribution in [0.15, 0.2) is 18.2 Å². The van der Waals surface area contributed by atoms with Crippen LogP contribution in [-0.4, -0.2) is 28.1 Å². The van der Waals surface area contributed by atoms with E-state index in [9.17, 15) is 4.79 Å². The van der Waals surface area contributed by atoms with Gasteiger partial charge in [-0.25, -0.2) is 0 Å². The zero-order valence-electron chi connectivity index (χ0n) is 11.7. The molecule has 2 aromatic rings. The van der Waals surface area contributed by atoms with Crippen molar-refractivity contribution in [2.24, 2.45) is 0 Å². The van der Waals surface area contributed by atoms with Gasteiger partial charge in [0.15, 0.2) is 5.75 Å². The summed E-state index contributed by atoms with van der Waals surface area (Å²) in [5.41, 5.74) is 1.42. The molecule has 1 aliphatic heterocycles. The molecule has 0 bridgehead atoms. The Bertz CT molecular complexity index is 689. The van der Waals surface area contributed by atoms with Gasteiger partial charge in [0.2, 0.25) is 0 Å². The number of carbonyl (C=O) groups is 1. The van der Waals surface area contributed by atoms with Gasteiger partial charge in [-0.05, 0) is 37.0 Å². The zero-order valence-corrected chi connectivity index (χ0v) is 13.2. The fraction of sp³-hybridized carbons (Fsp3) is 0.357. The van der Waals surface area contributed by atoms with E-state index in [1.807, 2.05) is 26.0 Å². The van der Waals surface area contributed by atoms with E-state index in [1.165, 1.54) is 0 Å². The molecule has 3 rings (SSSR count). The van der Waals surface area contributed by atoms with E-state index in [0.29, 0.717) is 34.3 Å². The van der Waals surface area contributed by atoms with Crippen LogP contribution < -0.4 is 9.64 Å². The number of ether oxygens (including phenoxy) is 1. The SMILES string of the molecule is CCc1nnsc1C(=O)N1CC(C)Oc2c(Cl)cccc21. The Labute approximate surface area is 131 Å². The van der Waals surface area contributed by atoms with E-state index in [0.717, 1.165) is 17.2 Å². The minimum Gasteiger partial charge on any atom is -0.485 e. The van der Waals surface area contributed by atoms with Crippen molar-refractivity contribution in [3.8, 4) is 5.75 Å². The highest BCUT2D eigenvalue weighted by Crippen LogP contribution is 2.40. The van der Waals surface area contributed by atoms with Gasteiger partial charge in [0.25, 0.3) is 5.91 Å². The van der Waals surface area contributed by atoms with Gasteiger partial charge in [0, 0.05) is 0 Å². The van der Waals surface area contributed by atoms with E-state index in [1.54, 1.807) is 11.0 Å². The molecule has 0 spiro atoms. The monoisotopic (exact) mass is 323 g/mol. The number of aryl methyl sites for hydroxylation is 1. The fourth-order valence-electron chi connectivity index (χ4n) is 2.34. The van der Waals surface area contributed by atoms with Crippen LogP contribution in [0.25, 0.3) is 0 Å². The number of carbonyl (C=O) groups excluding carboxylic acids is 1. The summed E-state index contributed by atoms with van der Waals surface area (Å²) in [5, 5.41) is 4.52. The van der Waals surface area contributed by atoms with Crippen molar-refractivity contribution in [2.45, 2.75) is 26.4 Å². The van der Waals surface area contributed by atoms with E-state index >= 15 is 0 Å². The van der Waals surface area contributed by atoms with Crippen molar-refractivity contribution in [1.29, 1.82) is 0 Å².